The van der Waals surface area contributed by atoms with E-state index in [1.165, 1.54) is 0 Å². The Morgan fingerprint density at radius 3 is 2.93 bits per heavy atom. The van der Waals surface area contributed by atoms with Crippen LogP contribution in [0, 0.1) is 0 Å². The lowest BCUT2D eigenvalue weighted by Crippen LogP contribution is -2.37. The van der Waals surface area contributed by atoms with Gasteiger partial charge in [0.2, 0.25) is 0 Å². The zero-order valence-corrected chi connectivity index (χ0v) is 10.1. The molecule has 0 fully saturated rings. The van der Waals surface area contributed by atoms with Crippen LogP contribution in [0.4, 0.5) is 0 Å². The predicted octanol–water partition coefficient (Wildman–Crippen LogP) is 1.31. The molecule has 1 amide bonds. The lowest BCUT2D eigenvalue weighted by atomic mass is 10.2. The van der Waals surface area contributed by atoms with Gasteiger partial charge < -0.3 is 11.1 Å². The van der Waals surface area contributed by atoms with Crippen molar-refractivity contribution in [1.82, 2.24) is 10.3 Å². The first-order valence-electron chi connectivity index (χ1n) is 4.78. The topological polar surface area (TPSA) is 68.0 Å². The lowest BCUT2D eigenvalue weighted by Gasteiger charge is -2.09. The van der Waals surface area contributed by atoms with Crippen LogP contribution in [0.5, 0.6) is 0 Å². The first-order chi connectivity index (χ1) is 7.13. The number of carbonyl (C=O) groups excluding carboxylic acids is 1. The van der Waals surface area contributed by atoms with E-state index in [0.717, 1.165) is 10.9 Å². The Bertz CT molecular complexity index is 326. The number of amides is 1. The second kappa shape index (κ2) is 5.82. The van der Waals surface area contributed by atoms with Gasteiger partial charge in [0, 0.05) is 23.3 Å². The Balaban J connectivity index is 2.50. The molecule has 0 saturated heterocycles. The molecule has 0 spiro atoms. The van der Waals surface area contributed by atoms with Gasteiger partial charge in [-0.25, -0.2) is 4.98 Å². The summed E-state index contributed by atoms with van der Waals surface area (Å²) in [6.07, 6.45) is 2.43. The van der Waals surface area contributed by atoms with E-state index in [-0.39, 0.29) is 11.9 Å². The Morgan fingerprint density at radius 2 is 2.40 bits per heavy atom. The lowest BCUT2D eigenvalue weighted by molar-refractivity contribution is 0.0946. The van der Waals surface area contributed by atoms with Crippen LogP contribution < -0.4 is 11.1 Å². The molecule has 0 saturated carbocycles. The minimum atomic E-state index is -0.189. The highest BCUT2D eigenvalue weighted by Crippen LogP contribution is 2.07. The molecule has 82 valence electrons. The highest BCUT2D eigenvalue weighted by molar-refractivity contribution is 9.10. The van der Waals surface area contributed by atoms with Crippen molar-refractivity contribution in [2.24, 2.45) is 5.73 Å². The molecule has 0 aromatic carbocycles. The summed E-state index contributed by atoms with van der Waals surface area (Å²) in [5, 5.41) is 2.73. The SMILES string of the molecule is CCC(N)CNC(=O)c1ccc(Br)cn1. The van der Waals surface area contributed by atoms with E-state index in [1.54, 1.807) is 18.3 Å². The zero-order valence-electron chi connectivity index (χ0n) is 8.53. The summed E-state index contributed by atoms with van der Waals surface area (Å²) in [5.41, 5.74) is 6.08. The monoisotopic (exact) mass is 271 g/mol. The van der Waals surface area contributed by atoms with Crippen molar-refractivity contribution in [2.45, 2.75) is 19.4 Å². The summed E-state index contributed by atoms with van der Waals surface area (Å²) in [7, 11) is 0. The number of hydrogen-bond acceptors (Lipinski definition) is 3. The minimum Gasteiger partial charge on any atom is -0.349 e. The molecule has 5 heteroatoms. The van der Waals surface area contributed by atoms with E-state index in [2.05, 4.69) is 26.2 Å². The number of nitrogens with one attached hydrogen (secondary N) is 1. The molecule has 1 aromatic heterocycles. The number of rotatable bonds is 4. The molecule has 0 aliphatic carbocycles. The van der Waals surface area contributed by atoms with Crippen LogP contribution in [0.25, 0.3) is 0 Å². The predicted molar refractivity (Wildman–Crippen MR) is 62.5 cm³/mol. The molecule has 0 aliphatic heterocycles. The summed E-state index contributed by atoms with van der Waals surface area (Å²) >= 11 is 3.25. The fourth-order valence-electron chi connectivity index (χ4n) is 0.969. The van der Waals surface area contributed by atoms with Gasteiger partial charge in [0.15, 0.2) is 0 Å². The molecule has 3 N–H and O–H groups in total. The van der Waals surface area contributed by atoms with Gasteiger partial charge >= 0.3 is 0 Å². The molecule has 0 bridgehead atoms. The van der Waals surface area contributed by atoms with E-state index < -0.39 is 0 Å². The van der Waals surface area contributed by atoms with Crippen molar-refractivity contribution in [3.8, 4) is 0 Å². The van der Waals surface area contributed by atoms with Crippen LogP contribution in [0.2, 0.25) is 0 Å². The summed E-state index contributed by atoms with van der Waals surface area (Å²) in [4.78, 5) is 15.5. The number of carbonyl (C=O) groups is 1. The average molecular weight is 272 g/mol. The second-order valence-electron chi connectivity index (χ2n) is 3.24. The first-order valence-corrected chi connectivity index (χ1v) is 5.58. The van der Waals surface area contributed by atoms with Gasteiger partial charge in [-0.2, -0.15) is 0 Å². The van der Waals surface area contributed by atoms with Crippen molar-refractivity contribution in [3.05, 3.63) is 28.5 Å². The van der Waals surface area contributed by atoms with Crippen molar-refractivity contribution >= 4 is 21.8 Å². The molecule has 1 heterocycles. The maximum absolute atomic E-state index is 11.5. The number of pyridine rings is 1. The fourth-order valence-corrected chi connectivity index (χ4v) is 1.20. The van der Waals surface area contributed by atoms with E-state index in [0.29, 0.717) is 12.2 Å². The third-order valence-electron chi connectivity index (χ3n) is 2.01. The highest BCUT2D eigenvalue weighted by atomic mass is 79.9. The first kappa shape index (κ1) is 12.1. The molecule has 0 radical (unpaired) electrons. The van der Waals surface area contributed by atoms with Crippen molar-refractivity contribution < 1.29 is 4.79 Å². The molecule has 0 aliphatic rings. The van der Waals surface area contributed by atoms with Crippen molar-refractivity contribution in [1.29, 1.82) is 0 Å². The van der Waals surface area contributed by atoms with Crippen LogP contribution in [-0.4, -0.2) is 23.5 Å². The maximum Gasteiger partial charge on any atom is 0.269 e. The van der Waals surface area contributed by atoms with Crippen LogP contribution in [0.3, 0.4) is 0 Å². The quantitative estimate of drug-likeness (QED) is 0.868. The Labute approximate surface area is 97.4 Å². The van der Waals surface area contributed by atoms with Crippen LogP contribution in [-0.2, 0) is 0 Å². The van der Waals surface area contributed by atoms with Crippen LogP contribution >= 0.6 is 15.9 Å². The van der Waals surface area contributed by atoms with E-state index in [4.69, 9.17) is 5.73 Å². The Kier molecular flexibility index (Phi) is 4.71. The molecule has 4 nitrogen and oxygen atoms in total. The van der Waals surface area contributed by atoms with Gasteiger partial charge in [-0.15, -0.1) is 0 Å². The standard InChI is InChI=1S/C10H14BrN3O/c1-2-8(12)6-14-10(15)9-4-3-7(11)5-13-9/h3-5,8H,2,6,12H2,1H3,(H,14,15). The third kappa shape index (κ3) is 3.97. The van der Waals surface area contributed by atoms with E-state index >= 15 is 0 Å². The molecular formula is C10H14BrN3O. The normalized spacial score (nSPS) is 12.2. The molecule has 1 aromatic rings. The molecule has 1 atom stereocenters. The smallest absolute Gasteiger partial charge is 0.269 e. The summed E-state index contributed by atoms with van der Waals surface area (Å²) < 4.78 is 0.851. The van der Waals surface area contributed by atoms with Crippen LogP contribution in [0.15, 0.2) is 22.8 Å². The maximum atomic E-state index is 11.5. The number of halogens is 1. The average Bonchev–Trinajstić information content (AvgIpc) is 2.26. The second-order valence-corrected chi connectivity index (χ2v) is 4.16. The summed E-state index contributed by atoms with van der Waals surface area (Å²) in [6.45, 7) is 2.46. The Hall–Kier alpha value is -0.940. The van der Waals surface area contributed by atoms with Gasteiger partial charge in [0.1, 0.15) is 5.69 Å². The van der Waals surface area contributed by atoms with Crippen LogP contribution in [0.1, 0.15) is 23.8 Å². The number of nitrogens with two attached hydrogens (primary N) is 1. The zero-order chi connectivity index (χ0) is 11.3. The van der Waals surface area contributed by atoms with E-state index in [1.807, 2.05) is 6.92 Å². The fraction of sp³-hybridized carbons (Fsp3) is 0.400. The highest BCUT2D eigenvalue weighted by Gasteiger charge is 2.07. The van der Waals surface area contributed by atoms with E-state index in [9.17, 15) is 4.79 Å². The molecule has 15 heavy (non-hydrogen) atoms. The number of hydrogen-bond donors (Lipinski definition) is 2. The largest absolute Gasteiger partial charge is 0.349 e. The molecular weight excluding hydrogens is 258 g/mol. The molecule has 1 rings (SSSR count). The number of aromatic nitrogens is 1. The van der Waals surface area contributed by atoms with Gasteiger partial charge in [-0.1, -0.05) is 6.92 Å². The Morgan fingerprint density at radius 1 is 1.67 bits per heavy atom. The molecule has 1 unspecified atom stereocenters. The minimum absolute atomic E-state index is 0.00407. The number of nitrogens with zero attached hydrogens (tertiary/aromatic N) is 1. The van der Waals surface area contributed by atoms with Crippen molar-refractivity contribution in [3.63, 3.8) is 0 Å². The van der Waals surface area contributed by atoms with Gasteiger partial charge in [-0.3, -0.25) is 4.79 Å². The van der Waals surface area contributed by atoms with Crippen molar-refractivity contribution in [2.75, 3.05) is 6.54 Å². The summed E-state index contributed by atoms with van der Waals surface area (Å²) in [6, 6.07) is 3.45. The van der Waals surface area contributed by atoms with Gasteiger partial charge in [0.05, 0.1) is 0 Å². The van der Waals surface area contributed by atoms with Gasteiger partial charge in [0.25, 0.3) is 5.91 Å². The summed E-state index contributed by atoms with van der Waals surface area (Å²) in [5.74, 6) is -0.189. The third-order valence-corrected chi connectivity index (χ3v) is 2.48. The van der Waals surface area contributed by atoms with Gasteiger partial charge in [-0.05, 0) is 34.5 Å².